The lowest BCUT2D eigenvalue weighted by molar-refractivity contribution is -0.139. The highest BCUT2D eigenvalue weighted by atomic mass is 16.6. The van der Waals surface area contributed by atoms with Crippen LogP contribution >= 0.6 is 0 Å². The number of carbonyl (C=O) groups excluding carboxylic acids is 2. The number of hydrogen-bond acceptors (Lipinski definition) is 7. The van der Waals surface area contributed by atoms with Gasteiger partial charge in [-0.05, 0) is 22.3 Å². The summed E-state index contributed by atoms with van der Waals surface area (Å²) in [5.41, 5.74) is 4.78. The van der Waals surface area contributed by atoms with Crippen molar-refractivity contribution in [3.8, 4) is 11.1 Å². The van der Waals surface area contributed by atoms with Crippen LogP contribution in [0.5, 0.6) is 0 Å². The standard InChI is InChI=1S/C27H33NO7/c1-3-26(29)34-19-18-33-17-16-32-15-14-31-13-12-28(2)27(30)35-20-25-23-10-6-4-8-21(23)22-9-5-7-11-24(22)25/h3-11,25H,1,12-20H2,2H3. The molecule has 0 saturated carbocycles. The maximum Gasteiger partial charge on any atom is 0.409 e. The van der Waals surface area contributed by atoms with Gasteiger partial charge in [0.05, 0.1) is 39.6 Å². The third-order valence-electron chi connectivity index (χ3n) is 5.60. The minimum atomic E-state index is -0.466. The Morgan fingerprint density at radius 2 is 1.31 bits per heavy atom. The fraction of sp³-hybridized carbons (Fsp3) is 0.407. The van der Waals surface area contributed by atoms with Gasteiger partial charge in [0.25, 0.3) is 0 Å². The molecule has 1 aliphatic rings. The summed E-state index contributed by atoms with van der Waals surface area (Å²) in [6.45, 7) is 6.55. The first-order valence-electron chi connectivity index (χ1n) is 11.7. The van der Waals surface area contributed by atoms with E-state index in [1.807, 2.05) is 24.3 Å². The first kappa shape index (κ1) is 26.4. The third-order valence-corrected chi connectivity index (χ3v) is 5.60. The number of fused-ring (bicyclic) bond motifs is 3. The molecule has 2 aromatic rings. The molecule has 0 aromatic heterocycles. The van der Waals surface area contributed by atoms with E-state index >= 15 is 0 Å². The largest absolute Gasteiger partial charge is 0.460 e. The van der Waals surface area contributed by atoms with Crippen molar-refractivity contribution < 1.29 is 33.3 Å². The van der Waals surface area contributed by atoms with Gasteiger partial charge in [-0.3, -0.25) is 0 Å². The first-order valence-corrected chi connectivity index (χ1v) is 11.7. The molecule has 0 heterocycles. The third kappa shape index (κ3) is 7.92. The van der Waals surface area contributed by atoms with Gasteiger partial charge in [0.1, 0.15) is 13.2 Å². The van der Waals surface area contributed by atoms with Crippen LogP contribution in [-0.2, 0) is 28.5 Å². The van der Waals surface area contributed by atoms with Crippen LogP contribution in [0.3, 0.4) is 0 Å². The van der Waals surface area contributed by atoms with Gasteiger partial charge in [0.15, 0.2) is 0 Å². The maximum absolute atomic E-state index is 12.5. The van der Waals surface area contributed by atoms with Gasteiger partial charge in [-0.25, -0.2) is 9.59 Å². The highest BCUT2D eigenvalue weighted by Crippen LogP contribution is 2.44. The normalized spacial score (nSPS) is 12.0. The summed E-state index contributed by atoms with van der Waals surface area (Å²) in [4.78, 5) is 24.8. The number of amides is 1. The van der Waals surface area contributed by atoms with Crippen molar-refractivity contribution in [1.29, 1.82) is 0 Å². The molecule has 2 aromatic carbocycles. The zero-order valence-corrected chi connectivity index (χ0v) is 20.1. The zero-order chi connectivity index (χ0) is 24.9. The van der Waals surface area contributed by atoms with E-state index < -0.39 is 5.97 Å². The molecular weight excluding hydrogens is 450 g/mol. The molecule has 0 spiro atoms. The number of hydrogen-bond donors (Lipinski definition) is 0. The molecule has 8 heteroatoms. The van der Waals surface area contributed by atoms with Gasteiger partial charge >= 0.3 is 12.1 Å². The van der Waals surface area contributed by atoms with Crippen LogP contribution in [-0.4, -0.2) is 83.4 Å². The number of carbonyl (C=O) groups is 2. The van der Waals surface area contributed by atoms with Crippen molar-refractivity contribution >= 4 is 12.1 Å². The second-order valence-electron chi connectivity index (χ2n) is 7.93. The monoisotopic (exact) mass is 483 g/mol. The molecule has 3 rings (SSSR count). The minimum Gasteiger partial charge on any atom is -0.460 e. The highest BCUT2D eigenvalue weighted by molar-refractivity contribution is 5.81. The topological polar surface area (TPSA) is 83.5 Å². The second-order valence-corrected chi connectivity index (χ2v) is 7.93. The molecule has 0 N–H and O–H groups in total. The molecule has 0 radical (unpaired) electrons. The average Bonchev–Trinajstić information content (AvgIpc) is 3.21. The Hall–Kier alpha value is -3.20. The van der Waals surface area contributed by atoms with Crippen LogP contribution in [0.4, 0.5) is 4.79 Å². The Morgan fingerprint density at radius 3 is 1.89 bits per heavy atom. The van der Waals surface area contributed by atoms with Crippen molar-refractivity contribution in [3.05, 3.63) is 72.3 Å². The van der Waals surface area contributed by atoms with Gasteiger partial charge in [-0.15, -0.1) is 0 Å². The zero-order valence-electron chi connectivity index (χ0n) is 20.1. The Bertz CT molecular complexity index is 932. The molecule has 1 aliphatic carbocycles. The predicted octanol–water partition coefficient (Wildman–Crippen LogP) is 3.65. The lowest BCUT2D eigenvalue weighted by Crippen LogP contribution is -2.32. The fourth-order valence-electron chi connectivity index (χ4n) is 3.80. The second kappa shape index (κ2) is 14.3. The summed E-state index contributed by atoms with van der Waals surface area (Å²) in [5, 5.41) is 0. The van der Waals surface area contributed by atoms with E-state index in [1.54, 1.807) is 7.05 Å². The van der Waals surface area contributed by atoms with Gasteiger partial charge < -0.3 is 28.6 Å². The number of benzene rings is 2. The summed E-state index contributed by atoms with van der Waals surface area (Å²) in [6.07, 6.45) is 0.737. The molecule has 0 fully saturated rings. The van der Waals surface area contributed by atoms with Crippen LogP contribution in [0.1, 0.15) is 17.0 Å². The predicted molar refractivity (Wildman–Crippen MR) is 131 cm³/mol. The Morgan fingerprint density at radius 1 is 0.800 bits per heavy atom. The van der Waals surface area contributed by atoms with E-state index in [-0.39, 0.29) is 18.6 Å². The number of likely N-dealkylation sites (N-methyl/N-ethyl adjacent to an activating group) is 1. The van der Waals surface area contributed by atoms with Crippen molar-refractivity contribution in [2.75, 3.05) is 66.4 Å². The first-order chi connectivity index (χ1) is 17.1. The van der Waals surface area contributed by atoms with Crippen LogP contribution in [0.15, 0.2) is 61.2 Å². The van der Waals surface area contributed by atoms with Crippen LogP contribution in [0.25, 0.3) is 11.1 Å². The molecular formula is C27H33NO7. The summed E-state index contributed by atoms with van der Waals surface area (Å²) < 4.78 is 26.6. The molecule has 35 heavy (non-hydrogen) atoms. The highest BCUT2D eigenvalue weighted by Gasteiger charge is 2.29. The van der Waals surface area contributed by atoms with E-state index in [9.17, 15) is 9.59 Å². The van der Waals surface area contributed by atoms with Gasteiger partial charge in [-0.2, -0.15) is 0 Å². The summed E-state index contributed by atoms with van der Waals surface area (Å²) in [6, 6.07) is 16.5. The van der Waals surface area contributed by atoms with Crippen molar-refractivity contribution in [1.82, 2.24) is 4.90 Å². The quantitative estimate of drug-likeness (QED) is 0.217. The van der Waals surface area contributed by atoms with E-state index in [4.69, 9.17) is 23.7 Å². The van der Waals surface area contributed by atoms with E-state index in [0.717, 1.165) is 6.08 Å². The average molecular weight is 484 g/mol. The Labute approximate surface area is 206 Å². The molecule has 188 valence electrons. The lowest BCUT2D eigenvalue weighted by Gasteiger charge is -2.19. The van der Waals surface area contributed by atoms with Gasteiger partial charge in [-0.1, -0.05) is 55.1 Å². The smallest absolute Gasteiger partial charge is 0.409 e. The van der Waals surface area contributed by atoms with Crippen LogP contribution in [0.2, 0.25) is 0 Å². The van der Waals surface area contributed by atoms with Crippen molar-refractivity contribution in [2.24, 2.45) is 0 Å². The number of ether oxygens (including phenoxy) is 5. The molecule has 0 aliphatic heterocycles. The summed E-state index contributed by atoms with van der Waals surface area (Å²) in [5.74, 6) is -0.425. The fourth-order valence-corrected chi connectivity index (χ4v) is 3.80. The maximum atomic E-state index is 12.5. The molecule has 1 amide bonds. The van der Waals surface area contributed by atoms with E-state index in [2.05, 4.69) is 30.8 Å². The van der Waals surface area contributed by atoms with Crippen LogP contribution < -0.4 is 0 Å². The van der Waals surface area contributed by atoms with Crippen LogP contribution in [0, 0.1) is 0 Å². The minimum absolute atomic E-state index is 0.0410. The van der Waals surface area contributed by atoms with E-state index in [0.29, 0.717) is 52.8 Å². The summed E-state index contributed by atoms with van der Waals surface area (Å²) in [7, 11) is 1.70. The van der Waals surface area contributed by atoms with Gasteiger partial charge in [0.2, 0.25) is 0 Å². The van der Waals surface area contributed by atoms with Crippen molar-refractivity contribution in [3.63, 3.8) is 0 Å². The lowest BCUT2D eigenvalue weighted by atomic mass is 9.98. The molecule has 0 atom stereocenters. The molecule has 0 unspecified atom stereocenters. The number of rotatable bonds is 15. The Balaban J connectivity index is 1.24. The molecule has 8 nitrogen and oxygen atoms in total. The number of nitrogens with zero attached hydrogens (tertiary/aromatic N) is 1. The number of esters is 1. The Kier molecular flexibility index (Phi) is 10.8. The van der Waals surface area contributed by atoms with Gasteiger partial charge in [0, 0.05) is 25.6 Å². The van der Waals surface area contributed by atoms with Crippen molar-refractivity contribution in [2.45, 2.75) is 5.92 Å². The SMILES string of the molecule is C=CC(=O)OCCOCCOCCOCCN(C)C(=O)OCC1c2ccccc2-c2ccccc21. The van der Waals surface area contributed by atoms with E-state index in [1.165, 1.54) is 27.2 Å². The summed E-state index contributed by atoms with van der Waals surface area (Å²) >= 11 is 0. The molecule has 0 bridgehead atoms. The molecule has 0 saturated heterocycles.